The number of carbonyl (C=O) groups is 1. The molecule has 4 nitrogen and oxygen atoms in total. The van der Waals surface area contributed by atoms with Crippen LogP contribution in [-0.4, -0.2) is 44.8 Å². The van der Waals surface area contributed by atoms with Crippen LogP contribution in [0.5, 0.6) is 0 Å². The Morgan fingerprint density at radius 1 is 1.59 bits per heavy atom. The quantitative estimate of drug-likeness (QED) is 0.795. The number of amides is 1. The summed E-state index contributed by atoms with van der Waals surface area (Å²) in [6.45, 7) is 4.69. The Balaban J connectivity index is 2.06. The van der Waals surface area contributed by atoms with Gasteiger partial charge in [0.2, 0.25) is 5.91 Å². The van der Waals surface area contributed by atoms with Gasteiger partial charge in [0.1, 0.15) is 0 Å². The highest BCUT2D eigenvalue weighted by atomic mass is 32.2. The highest BCUT2D eigenvalue weighted by molar-refractivity contribution is 7.84. The van der Waals surface area contributed by atoms with Crippen molar-refractivity contribution in [3.63, 3.8) is 0 Å². The molecule has 98 valence electrons. The second-order valence-corrected chi connectivity index (χ2v) is 7.10. The van der Waals surface area contributed by atoms with Crippen molar-refractivity contribution in [2.24, 2.45) is 0 Å². The van der Waals surface area contributed by atoms with Gasteiger partial charge < -0.3 is 4.90 Å². The van der Waals surface area contributed by atoms with Crippen molar-refractivity contribution in [1.29, 1.82) is 0 Å². The van der Waals surface area contributed by atoms with Gasteiger partial charge >= 0.3 is 0 Å². The first kappa shape index (κ1) is 13.0. The van der Waals surface area contributed by atoms with Gasteiger partial charge in [-0.05, 0) is 26.2 Å². The molecule has 0 aromatic heterocycles. The van der Waals surface area contributed by atoms with E-state index in [2.05, 4.69) is 12.2 Å². The lowest BCUT2D eigenvalue weighted by atomic mass is 10.2. The fourth-order valence-corrected chi connectivity index (χ4v) is 2.82. The summed E-state index contributed by atoms with van der Waals surface area (Å²) in [5.41, 5.74) is -0.241. The Kier molecular flexibility index (Phi) is 3.59. The average molecular weight is 258 g/mol. The van der Waals surface area contributed by atoms with E-state index in [1.165, 1.54) is 0 Å². The van der Waals surface area contributed by atoms with Gasteiger partial charge in [0.05, 0.1) is 11.7 Å². The molecule has 1 amide bonds. The molecule has 1 spiro atoms. The molecule has 3 unspecified atom stereocenters. The van der Waals surface area contributed by atoms with E-state index in [1.54, 1.807) is 6.26 Å². The zero-order chi connectivity index (χ0) is 12.6. The van der Waals surface area contributed by atoms with Crippen molar-refractivity contribution in [2.45, 2.75) is 56.5 Å². The Bertz CT molecular complexity index is 341. The van der Waals surface area contributed by atoms with Crippen molar-refractivity contribution in [3.05, 3.63) is 0 Å². The van der Waals surface area contributed by atoms with Gasteiger partial charge in [0, 0.05) is 28.9 Å². The minimum absolute atomic E-state index is 0.0500. The van der Waals surface area contributed by atoms with Crippen LogP contribution in [0.2, 0.25) is 0 Å². The van der Waals surface area contributed by atoms with Gasteiger partial charge in [0.15, 0.2) is 0 Å². The molecule has 1 heterocycles. The molecule has 5 heteroatoms. The number of hydrogen-bond acceptors (Lipinski definition) is 3. The highest BCUT2D eigenvalue weighted by Gasteiger charge is 2.58. The smallest absolute Gasteiger partial charge is 0.244 e. The van der Waals surface area contributed by atoms with Gasteiger partial charge in [-0.3, -0.25) is 14.3 Å². The van der Waals surface area contributed by atoms with Crippen LogP contribution < -0.4 is 5.32 Å². The molecule has 0 bridgehead atoms. The van der Waals surface area contributed by atoms with E-state index in [0.29, 0.717) is 6.54 Å². The van der Waals surface area contributed by atoms with Gasteiger partial charge in [-0.2, -0.15) is 0 Å². The number of nitrogens with one attached hydrogen (secondary N) is 1. The molecule has 2 rings (SSSR count). The van der Waals surface area contributed by atoms with Crippen LogP contribution in [0.15, 0.2) is 0 Å². The van der Waals surface area contributed by atoms with E-state index in [-0.39, 0.29) is 22.9 Å². The molecule has 0 radical (unpaired) electrons. The van der Waals surface area contributed by atoms with Gasteiger partial charge in [-0.1, -0.05) is 13.3 Å². The summed E-state index contributed by atoms with van der Waals surface area (Å²) in [7, 11) is -0.866. The normalized spacial score (nSPS) is 29.7. The largest absolute Gasteiger partial charge is 0.324 e. The lowest BCUT2D eigenvalue weighted by molar-refractivity contribution is -0.130. The van der Waals surface area contributed by atoms with E-state index in [4.69, 9.17) is 0 Å². The Labute approximate surface area is 106 Å². The molecular weight excluding hydrogens is 236 g/mol. The Morgan fingerprint density at radius 2 is 2.24 bits per heavy atom. The van der Waals surface area contributed by atoms with Crippen LogP contribution in [0.3, 0.4) is 0 Å². The lowest BCUT2D eigenvalue weighted by Crippen LogP contribution is -2.42. The highest BCUT2D eigenvalue weighted by Crippen LogP contribution is 2.42. The molecule has 1 aliphatic heterocycles. The molecule has 1 saturated carbocycles. The molecular formula is C12H22N2O2S. The summed E-state index contributed by atoms with van der Waals surface area (Å²) >= 11 is 0. The summed E-state index contributed by atoms with van der Waals surface area (Å²) < 4.78 is 11.4. The number of nitrogens with zero attached hydrogens (tertiary/aromatic N) is 1. The van der Waals surface area contributed by atoms with Crippen LogP contribution in [0.1, 0.15) is 39.5 Å². The van der Waals surface area contributed by atoms with Crippen LogP contribution in [0.25, 0.3) is 0 Å². The maximum atomic E-state index is 12.3. The van der Waals surface area contributed by atoms with Crippen LogP contribution in [0.4, 0.5) is 0 Å². The minimum atomic E-state index is -0.866. The Hall–Kier alpha value is -0.420. The summed E-state index contributed by atoms with van der Waals surface area (Å²) in [5, 5.41) is 3.51. The maximum absolute atomic E-state index is 12.3. The molecule has 0 aromatic rings. The van der Waals surface area contributed by atoms with Crippen LogP contribution in [0, 0.1) is 0 Å². The molecule has 17 heavy (non-hydrogen) atoms. The predicted molar refractivity (Wildman–Crippen MR) is 69.0 cm³/mol. The lowest BCUT2D eigenvalue weighted by Gasteiger charge is -2.26. The third-order valence-electron chi connectivity index (χ3n) is 3.82. The molecule has 1 saturated heterocycles. The number of rotatable bonds is 5. The van der Waals surface area contributed by atoms with E-state index in [1.807, 2.05) is 11.8 Å². The number of hydrogen-bond donors (Lipinski definition) is 1. The first-order valence-electron chi connectivity index (χ1n) is 6.41. The van der Waals surface area contributed by atoms with Gasteiger partial charge in [0.25, 0.3) is 0 Å². The molecule has 2 aliphatic rings. The van der Waals surface area contributed by atoms with Crippen molar-refractivity contribution >= 4 is 16.7 Å². The van der Waals surface area contributed by atoms with Crippen molar-refractivity contribution in [1.82, 2.24) is 10.2 Å². The molecule has 1 N–H and O–H groups in total. The van der Waals surface area contributed by atoms with Gasteiger partial charge in [-0.25, -0.2) is 0 Å². The average Bonchev–Trinajstić information content (AvgIpc) is 3.00. The molecule has 1 aliphatic carbocycles. The van der Waals surface area contributed by atoms with E-state index in [0.717, 1.165) is 25.7 Å². The third kappa shape index (κ3) is 2.40. The zero-order valence-electron chi connectivity index (χ0n) is 10.9. The van der Waals surface area contributed by atoms with Crippen LogP contribution >= 0.6 is 0 Å². The summed E-state index contributed by atoms with van der Waals surface area (Å²) in [6, 6.07) is 0. The topological polar surface area (TPSA) is 49.4 Å². The van der Waals surface area contributed by atoms with Crippen molar-refractivity contribution < 1.29 is 9.00 Å². The second-order valence-electron chi connectivity index (χ2n) is 5.30. The SMILES string of the molecule is CCCC1NC2(CC2)C(=O)N1CC(C)S(C)=O. The van der Waals surface area contributed by atoms with Crippen LogP contribution in [-0.2, 0) is 15.6 Å². The maximum Gasteiger partial charge on any atom is 0.244 e. The zero-order valence-corrected chi connectivity index (χ0v) is 11.7. The molecule has 3 atom stereocenters. The first-order valence-corrected chi connectivity index (χ1v) is 8.03. The standard InChI is InChI=1S/C12H22N2O2S/c1-4-5-10-13-12(6-7-12)11(15)14(10)8-9(2)17(3)16/h9-10,13H,4-8H2,1-3H3. The van der Waals surface area contributed by atoms with Crippen molar-refractivity contribution in [3.8, 4) is 0 Å². The van der Waals surface area contributed by atoms with Gasteiger partial charge in [-0.15, -0.1) is 0 Å². The van der Waals surface area contributed by atoms with Crippen molar-refractivity contribution in [2.75, 3.05) is 12.8 Å². The minimum Gasteiger partial charge on any atom is -0.324 e. The second kappa shape index (κ2) is 4.69. The third-order valence-corrected chi connectivity index (χ3v) is 5.10. The fraction of sp³-hybridized carbons (Fsp3) is 0.917. The number of carbonyl (C=O) groups excluding carboxylic acids is 1. The van der Waals surface area contributed by atoms with E-state index < -0.39 is 10.8 Å². The summed E-state index contributed by atoms with van der Waals surface area (Å²) in [4.78, 5) is 14.2. The molecule has 2 fully saturated rings. The predicted octanol–water partition coefficient (Wildman–Crippen LogP) is 0.844. The summed E-state index contributed by atoms with van der Waals surface area (Å²) in [5.74, 6) is 0.230. The monoisotopic (exact) mass is 258 g/mol. The van der Waals surface area contributed by atoms with E-state index in [9.17, 15) is 9.00 Å². The fourth-order valence-electron chi connectivity index (χ4n) is 2.45. The molecule has 0 aromatic carbocycles. The Morgan fingerprint density at radius 3 is 2.71 bits per heavy atom. The summed E-state index contributed by atoms with van der Waals surface area (Å²) in [6.07, 6.45) is 5.83. The first-order chi connectivity index (χ1) is 8.00. The van der Waals surface area contributed by atoms with E-state index >= 15 is 0 Å².